The fourth-order valence-electron chi connectivity index (χ4n) is 3.07. The maximum absolute atomic E-state index is 12.6. The Morgan fingerprint density at radius 3 is 2.56 bits per heavy atom. The molecule has 0 bridgehead atoms. The van der Waals surface area contributed by atoms with Crippen molar-refractivity contribution in [3.8, 4) is 0 Å². The third kappa shape index (κ3) is 3.91. The standard InChI is InChI=1S/C19H22N2O3S/c1-13-4-5-14(2)18(10-13)19(22)20-17-7-6-15-8-9-21(25(3,23)24)12-16(15)11-17/h4-7,10-11H,8-9,12H2,1-3H3,(H,20,22). The number of nitrogens with zero attached hydrogens (tertiary/aromatic N) is 1. The van der Waals surface area contributed by atoms with Gasteiger partial charge in [-0.05, 0) is 55.2 Å². The van der Waals surface area contributed by atoms with Crippen molar-refractivity contribution in [2.75, 3.05) is 18.1 Å². The maximum Gasteiger partial charge on any atom is 0.255 e. The topological polar surface area (TPSA) is 66.5 Å². The van der Waals surface area contributed by atoms with Crippen LogP contribution in [0.25, 0.3) is 0 Å². The van der Waals surface area contributed by atoms with Crippen LogP contribution in [0.5, 0.6) is 0 Å². The lowest BCUT2D eigenvalue weighted by molar-refractivity contribution is 0.102. The van der Waals surface area contributed by atoms with E-state index in [1.54, 1.807) is 0 Å². The number of amides is 1. The SMILES string of the molecule is Cc1ccc(C)c(C(=O)Nc2ccc3c(c2)CN(S(C)(=O)=O)CC3)c1. The van der Waals surface area contributed by atoms with Gasteiger partial charge in [-0.3, -0.25) is 4.79 Å². The molecule has 6 heteroatoms. The minimum absolute atomic E-state index is 0.156. The molecule has 2 aromatic carbocycles. The normalized spacial score (nSPS) is 14.8. The first-order chi connectivity index (χ1) is 11.7. The summed E-state index contributed by atoms with van der Waals surface area (Å²) in [5.41, 5.74) is 5.35. The van der Waals surface area contributed by atoms with Crippen LogP contribution in [0.2, 0.25) is 0 Å². The quantitative estimate of drug-likeness (QED) is 0.917. The summed E-state index contributed by atoms with van der Waals surface area (Å²) in [7, 11) is -3.21. The second kappa shape index (κ2) is 6.61. The molecule has 1 aliphatic rings. The number of aryl methyl sites for hydroxylation is 2. The first kappa shape index (κ1) is 17.6. The smallest absolute Gasteiger partial charge is 0.255 e. The monoisotopic (exact) mass is 358 g/mol. The first-order valence-electron chi connectivity index (χ1n) is 8.19. The van der Waals surface area contributed by atoms with E-state index in [0.717, 1.165) is 22.3 Å². The van der Waals surface area contributed by atoms with Gasteiger partial charge in [0.05, 0.1) is 6.26 Å². The number of benzene rings is 2. The summed E-state index contributed by atoms with van der Waals surface area (Å²) in [6.45, 7) is 4.71. The van der Waals surface area contributed by atoms with E-state index in [2.05, 4.69) is 5.32 Å². The second-order valence-electron chi connectivity index (χ2n) is 6.60. The van der Waals surface area contributed by atoms with Crippen LogP contribution in [0.15, 0.2) is 36.4 Å². The molecule has 0 unspecified atom stereocenters. The summed E-state index contributed by atoms with van der Waals surface area (Å²) in [5.74, 6) is -0.156. The van der Waals surface area contributed by atoms with Gasteiger partial charge in [-0.15, -0.1) is 0 Å². The zero-order valence-corrected chi connectivity index (χ0v) is 15.5. The molecule has 2 aromatic rings. The number of carbonyl (C=O) groups excluding carboxylic acids is 1. The Balaban J connectivity index is 1.83. The highest BCUT2D eigenvalue weighted by molar-refractivity contribution is 7.88. The molecule has 132 valence electrons. The number of hydrogen-bond donors (Lipinski definition) is 1. The van der Waals surface area contributed by atoms with Gasteiger partial charge >= 0.3 is 0 Å². The van der Waals surface area contributed by atoms with E-state index in [1.807, 2.05) is 50.2 Å². The highest BCUT2D eigenvalue weighted by atomic mass is 32.2. The number of fused-ring (bicyclic) bond motifs is 1. The van der Waals surface area contributed by atoms with Crippen LogP contribution in [0.4, 0.5) is 5.69 Å². The van der Waals surface area contributed by atoms with Gasteiger partial charge in [0.2, 0.25) is 10.0 Å². The van der Waals surface area contributed by atoms with Crippen LogP contribution in [-0.4, -0.2) is 31.4 Å². The molecule has 5 nitrogen and oxygen atoms in total. The predicted octanol–water partition coefficient (Wildman–Crippen LogP) is 2.87. The molecule has 1 aliphatic heterocycles. The minimum Gasteiger partial charge on any atom is -0.322 e. The molecule has 0 atom stereocenters. The summed E-state index contributed by atoms with van der Waals surface area (Å²) in [6.07, 6.45) is 1.91. The summed E-state index contributed by atoms with van der Waals surface area (Å²) in [6, 6.07) is 11.5. The highest BCUT2D eigenvalue weighted by Crippen LogP contribution is 2.24. The van der Waals surface area contributed by atoms with Crippen LogP contribution >= 0.6 is 0 Å². The lowest BCUT2D eigenvalue weighted by Crippen LogP contribution is -2.35. The van der Waals surface area contributed by atoms with Crippen molar-refractivity contribution in [1.82, 2.24) is 4.31 Å². The summed E-state index contributed by atoms with van der Waals surface area (Å²) in [4.78, 5) is 12.6. The summed E-state index contributed by atoms with van der Waals surface area (Å²) < 4.78 is 25.0. The molecule has 1 heterocycles. The summed E-state index contributed by atoms with van der Waals surface area (Å²) >= 11 is 0. The Morgan fingerprint density at radius 2 is 1.84 bits per heavy atom. The van der Waals surface area contributed by atoms with Crippen molar-refractivity contribution in [1.29, 1.82) is 0 Å². The molecule has 25 heavy (non-hydrogen) atoms. The van der Waals surface area contributed by atoms with Crippen LogP contribution in [-0.2, 0) is 23.0 Å². The van der Waals surface area contributed by atoms with Crippen molar-refractivity contribution in [2.24, 2.45) is 0 Å². The van der Waals surface area contributed by atoms with E-state index in [-0.39, 0.29) is 5.91 Å². The van der Waals surface area contributed by atoms with Crippen molar-refractivity contribution < 1.29 is 13.2 Å². The molecule has 1 N–H and O–H groups in total. The third-order valence-electron chi connectivity index (χ3n) is 4.55. The molecular formula is C19H22N2O3S. The van der Waals surface area contributed by atoms with Crippen LogP contribution in [0.3, 0.4) is 0 Å². The Hall–Kier alpha value is -2.18. The first-order valence-corrected chi connectivity index (χ1v) is 10.0. The maximum atomic E-state index is 12.6. The van der Waals surface area contributed by atoms with Gasteiger partial charge in [0, 0.05) is 24.3 Å². The van der Waals surface area contributed by atoms with Gasteiger partial charge in [0.1, 0.15) is 0 Å². The van der Waals surface area contributed by atoms with Gasteiger partial charge in [0.25, 0.3) is 5.91 Å². The Kier molecular flexibility index (Phi) is 4.67. The molecule has 0 aliphatic carbocycles. The van der Waals surface area contributed by atoms with Crippen LogP contribution in [0.1, 0.15) is 32.6 Å². The lowest BCUT2D eigenvalue weighted by Gasteiger charge is -2.27. The van der Waals surface area contributed by atoms with Gasteiger partial charge in [0.15, 0.2) is 0 Å². The van der Waals surface area contributed by atoms with E-state index in [9.17, 15) is 13.2 Å². The third-order valence-corrected chi connectivity index (χ3v) is 5.80. The molecule has 1 amide bonds. The number of sulfonamides is 1. The van der Waals surface area contributed by atoms with Crippen molar-refractivity contribution in [3.05, 3.63) is 64.2 Å². The molecule has 0 saturated carbocycles. The highest BCUT2D eigenvalue weighted by Gasteiger charge is 2.23. The fraction of sp³-hybridized carbons (Fsp3) is 0.316. The average molecular weight is 358 g/mol. The zero-order valence-electron chi connectivity index (χ0n) is 14.7. The van der Waals surface area contributed by atoms with E-state index in [4.69, 9.17) is 0 Å². The predicted molar refractivity (Wildman–Crippen MR) is 99.3 cm³/mol. The van der Waals surface area contributed by atoms with Gasteiger partial charge in [-0.1, -0.05) is 23.8 Å². The molecule has 3 rings (SSSR count). The largest absolute Gasteiger partial charge is 0.322 e. The van der Waals surface area contributed by atoms with E-state index >= 15 is 0 Å². The lowest BCUT2D eigenvalue weighted by atomic mass is 10.00. The van der Waals surface area contributed by atoms with Crippen LogP contribution < -0.4 is 5.32 Å². The molecular weight excluding hydrogens is 336 g/mol. The zero-order chi connectivity index (χ0) is 18.2. The van der Waals surface area contributed by atoms with E-state index in [0.29, 0.717) is 30.8 Å². The number of anilines is 1. The number of hydrogen-bond acceptors (Lipinski definition) is 3. The Labute approximate surface area is 148 Å². The molecule has 0 spiro atoms. The minimum atomic E-state index is -3.21. The Morgan fingerprint density at radius 1 is 1.08 bits per heavy atom. The van der Waals surface area contributed by atoms with E-state index < -0.39 is 10.0 Å². The van der Waals surface area contributed by atoms with Gasteiger partial charge in [-0.2, -0.15) is 4.31 Å². The van der Waals surface area contributed by atoms with Crippen molar-refractivity contribution in [2.45, 2.75) is 26.8 Å². The van der Waals surface area contributed by atoms with Gasteiger partial charge < -0.3 is 5.32 Å². The van der Waals surface area contributed by atoms with E-state index in [1.165, 1.54) is 10.6 Å². The molecule has 0 saturated heterocycles. The number of nitrogens with one attached hydrogen (secondary N) is 1. The Bertz CT molecular complexity index is 936. The number of rotatable bonds is 3. The molecule has 0 aromatic heterocycles. The van der Waals surface area contributed by atoms with Gasteiger partial charge in [-0.25, -0.2) is 8.42 Å². The molecule has 0 fully saturated rings. The molecule has 0 radical (unpaired) electrons. The van der Waals surface area contributed by atoms with Crippen molar-refractivity contribution >= 4 is 21.6 Å². The number of carbonyl (C=O) groups is 1. The van der Waals surface area contributed by atoms with Crippen molar-refractivity contribution in [3.63, 3.8) is 0 Å². The fourth-order valence-corrected chi connectivity index (χ4v) is 3.87. The van der Waals surface area contributed by atoms with Crippen LogP contribution in [0, 0.1) is 13.8 Å². The second-order valence-corrected chi connectivity index (χ2v) is 8.58. The average Bonchev–Trinajstić information content (AvgIpc) is 2.55. The summed E-state index contributed by atoms with van der Waals surface area (Å²) in [5, 5.41) is 2.92.